The molecular formula is C26H19BrN4. The SMILES string of the molecule is Brc1cc(-n2cccn2)c(N(c2ccccc2)c2ccccc2)nc1-c1ccccc1. The van der Waals surface area contributed by atoms with Crippen LogP contribution in [-0.2, 0) is 0 Å². The van der Waals surface area contributed by atoms with Gasteiger partial charge in [-0.1, -0.05) is 66.7 Å². The molecule has 0 N–H and O–H groups in total. The van der Waals surface area contributed by atoms with Crippen molar-refractivity contribution < 1.29 is 0 Å². The second kappa shape index (κ2) is 8.58. The lowest BCUT2D eigenvalue weighted by molar-refractivity contribution is 0.870. The minimum Gasteiger partial charge on any atom is -0.293 e. The molecule has 5 heteroatoms. The zero-order chi connectivity index (χ0) is 21.0. The molecule has 0 saturated heterocycles. The first-order chi connectivity index (χ1) is 15.3. The fraction of sp³-hybridized carbons (Fsp3) is 0. The average molecular weight is 467 g/mol. The number of anilines is 3. The maximum atomic E-state index is 5.17. The van der Waals surface area contributed by atoms with Crippen molar-refractivity contribution in [1.29, 1.82) is 0 Å². The molecule has 0 aliphatic rings. The molecule has 3 aromatic carbocycles. The van der Waals surface area contributed by atoms with Gasteiger partial charge in [0.05, 0.1) is 5.69 Å². The molecule has 0 aliphatic carbocycles. The molecule has 31 heavy (non-hydrogen) atoms. The normalized spacial score (nSPS) is 10.7. The summed E-state index contributed by atoms with van der Waals surface area (Å²) in [5, 5.41) is 4.49. The zero-order valence-electron chi connectivity index (χ0n) is 16.6. The Morgan fingerprint density at radius 3 is 1.84 bits per heavy atom. The number of halogens is 1. The molecule has 5 aromatic rings. The van der Waals surface area contributed by atoms with Gasteiger partial charge in [0.2, 0.25) is 0 Å². The lowest BCUT2D eigenvalue weighted by atomic mass is 10.1. The molecule has 0 aliphatic heterocycles. The van der Waals surface area contributed by atoms with Gasteiger partial charge in [0.15, 0.2) is 5.82 Å². The summed E-state index contributed by atoms with van der Waals surface area (Å²) in [5.41, 5.74) is 4.85. The van der Waals surface area contributed by atoms with Crippen LogP contribution in [0.4, 0.5) is 17.2 Å². The summed E-state index contributed by atoms with van der Waals surface area (Å²) in [6.45, 7) is 0. The van der Waals surface area contributed by atoms with E-state index in [0.29, 0.717) is 0 Å². The Kier molecular flexibility index (Phi) is 5.33. The smallest absolute Gasteiger partial charge is 0.164 e. The summed E-state index contributed by atoms with van der Waals surface area (Å²) in [4.78, 5) is 7.33. The first-order valence-electron chi connectivity index (χ1n) is 9.97. The molecule has 150 valence electrons. The number of hydrogen-bond acceptors (Lipinski definition) is 3. The maximum absolute atomic E-state index is 5.17. The number of para-hydroxylation sites is 2. The highest BCUT2D eigenvalue weighted by atomic mass is 79.9. The van der Waals surface area contributed by atoms with Crippen molar-refractivity contribution in [1.82, 2.24) is 14.8 Å². The summed E-state index contributed by atoms with van der Waals surface area (Å²) in [7, 11) is 0. The van der Waals surface area contributed by atoms with Gasteiger partial charge < -0.3 is 0 Å². The lowest BCUT2D eigenvalue weighted by Gasteiger charge is -2.27. The molecule has 0 spiro atoms. The molecule has 0 unspecified atom stereocenters. The first kappa shape index (κ1) is 19.3. The van der Waals surface area contributed by atoms with Crippen LogP contribution in [0.15, 0.2) is 120 Å². The standard InChI is InChI=1S/C26H19BrN4/c27-23-19-24(30-18-10-17-28-30)26(29-25(23)20-11-4-1-5-12-20)31(21-13-6-2-7-14-21)22-15-8-3-9-16-22/h1-19H. The number of aromatic nitrogens is 3. The highest BCUT2D eigenvalue weighted by molar-refractivity contribution is 9.10. The van der Waals surface area contributed by atoms with Crippen LogP contribution in [0.3, 0.4) is 0 Å². The van der Waals surface area contributed by atoms with Gasteiger partial charge in [-0.05, 0) is 52.3 Å². The fourth-order valence-electron chi connectivity index (χ4n) is 3.56. The van der Waals surface area contributed by atoms with Gasteiger partial charge >= 0.3 is 0 Å². The van der Waals surface area contributed by atoms with Gasteiger partial charge in [-0.25, -0.2) is 9.67 Å². The van der Waals surface area contributed by atoms with E-state index in [1.54, 1.807) is 6.20 Å². The van der Waals surface area contributed by atoms with E-state index in [0.717, 1.165) is 38.6 Å². The Morgan fingerprint density at radius 1 is 0.710 bits per heavy atom. The Balaban J connectivity index is 1.80. The quantitative estimate of drug-likeness (QED) is 0.275. The Hall–Kier alpha value is -3.70. The minimum atomic E-state index is 0.795. The van der Waals surface area contributed by atoms with Crippen LogP contribution in [0.5, 0.6) is 0 Å². The van der Waals surface area contributed by atoms with Crippen LogP contribution >= 0.6 is 15.9 Å². The van der Waals surface area contributed by atoms with E-state index in [1.807, 2.05) is 71.5 Å². The Morgan fingerprint density at radius 2 is 1.29 bits per heavy atom. The molecule has 0 bridgehead atoms. The van der Waals surface area contributed by atoms with Crippen molar-refractivity contribution >= 4 is 33.1 Å². The summed E-state index contributed by atoms with van der Waals surface area (Å²) < 4.78 is 2.76. The van der Waals surface area contributed by atoms with Crippen molar-refractivity contribution in [2.75, 3.05) is 4.90 Å². The number of nitrogens with zero attached hydrogens (tertiary/aromatic N) is 4. The topological polar surface area (TPSA) is 34.0 Å². The van der Waals surface area contributed by atoms with E-state index < -0.39 is 0 Å². The van der Waals surface area contributed by atoms with E-state index in [4.69, 9.17) is 4.98 Å². The van der Waals surface area contributed by atoms with E-state index in [9.17, 15) is 0 Å². The van der Waals surface area contributed by atoms with Crippen molar-refractivity contribution in [3.8, 4) is 16.9 Å². The first-order valence-corrected chi connectivity index (χ1v) is 10.8. The second-order valence-corrected chi connectivity index (χ2v) is 7.84. The molecule has 4 nitrogen and oxygen atoms in total. The third kappa shape index (κ3) is 3.88. The highest BCUT2D eigenvalue weighted by Crippen LogP contribution is 2.40. The van der Waals surface area contributed by atoms with Crippen molar-refractivity contribution in [2.24, 2.45) is 0 Å². The summed E-state index contributed by atoms with van der Waals surface area (Å²) in [5.74, 6) is 0.795. The van der Waals surface area contributed by atoms with Crippen molar-refractivity contribution in [3.63, 3.8) is 0 Å². The van der Waals surface area contributed by atoms with Gasteiger partial charge in [-0.15, -0.1) is 0 Å². The summed E-state index contributed by atoms with van der Waals surface area (Å²) >= 11 is 3.74. The van der Waals surface area contributed by atoms with Crippen molar-refractivity contribution in [2.45, 2.75) is 0 Å². The zero-order valence-corrected chi connectivity index (χ0v) is 18.2. The van der Waals surface area contributed by atoms with Gasteiger partial charge in [-0.3, -0.25) is 4.90 Å². The van der Waals surface area contributed by atoms with Crippen LogP contribution < -0.4 is 4.90 Å². The van der Waals surface area contributed by atoms with Gasteiger partial charge in [0.1, 0.15) is 5.69 Å². The fourth-order valence-corrected chi connectivity index (χ4v) is 4.09. The van der Waals surface area contributed by atoms with Crippen molar-refractivity contribution in [3.05, 3.63) is 120 Å². The number of pyridine rings is 1. The third-order valence-corrected chi connectivity index (χ3v) is 5.58. The maximum Gasteiger partial charge on any atom is 0.164 e. The van der Waals surface area contributed by atoms with Crippen LogP contribution in [-0.4, -0.2) is 14.8 Å². The molecule has 0 fully saturated rings. The molecular weight excluding hydrogens is 448 g/mol. The third-order valence-electron chi connectivity index (χ3n) is 4.98. The predicted octanol–water partition coefficient (Wildman–Crippen LogP) is 7.17. The molecule has 2 heterocycles. The van der Waals surface area contributed by atoms with E-state index >= 15 is 0 Å². The minimum absolute atomic E-state index is 0.795. The van der Waals surface area contributed by atoms with E-state index in [1.165, 1.54) is 0 Å². The van der Waals surface area contributed by atoms with Gasteiger partial charge in [0, 0.05) is 33.8 Å². The number of rotatable bonds is 5. The second-order valence-electron chi connectivity index (χ2n) is 6.98. The molecule has 0 atom stereocenters. The molecule has 0 amide bonds. The van der Waals surface area contributed by atoms with E-state index in [-0.39, 0.29) is 0 Å². The van der Waals surface area contributed by atoms with Crippen LogP contribution in [0.25, 0.3) is 16.9 Å². The van der Waals surface area contributed by atoms with Gasteiger partial charge in [0.25, 0.3) is 0 Å². The lowest BCUT2D eigenvalue weighted by Crippen LogP contribution is -2.15. The monoisotopic (exact) mass is 466 g/mol. The summed E-state index contributed by atoms with van der Waals surface area (Å²) in [6, 6.07) is 34.7. The predicted molar refractivity (Wildman–Crippen MR) is 129 cm³/mol. The molecule has 0 radical (unpaired) electrons. The largest absolute Gasteiger partial charge is 0.293 e. The van der Waals surface area contributed by atoms with Crippen LogP contribution in [0.2, 0.25) is 0 Å². The van der Waals surface area contributed by atoms with Gasteiger partial charge in [-0.2, -0.15) is 5.10 Å². The number of hydrogen-bond donors (Lipinski definition) is 0. The number of benzene rings is 3. The molecule has 2 aromatic heterocycles. The van der Waals surface area contributed by atoms with Crippen LogP contribution in [0.1, 0.15) is 0 Å². The Labute approximate surface area is 189 Å². The van der Waals surface area contributed by atoms with Crippen LogP contribution in [0, 0.1) is 0 Å². The highest BCUT2D eigenvalue weighted by Gasteiger charge is 2.21. The van der Waals surface area contributed by atoms with E-state index in [2.05, 4.69) is 68.4 Å². The summed E-state index contributed by atoms with van der Waals surface area (Å²) in [6.07, 6.45) is 3.71. The molecule has 5 rings (SSSR count). The molecule has 0 saturated carbocycles. The average Bonchev–Trinajstić information content (AvgIpc) is 3.37. The Bertz CT molecular complexity index is 1230.